The highest BCUT2D eigenvalue weighted by molar-refractivity contribution is 6.31. The summed E-state index contributed by atoms with van der Waals surface area (Å²) in [5.74, 6) is 1.02. The van der Waals surface area contributed by atoms with Gasteiger partial charge in [-0.3, -0.25) is 9.69 Å². The van der Waals surface area contributed by atoms with Crippen LogP contribution >= 0.6 is 11.6 Å². The highest BCUT2D eigenvalue weighted by atomic mass is 35.5. The van der Waals surface area contributed by atoms with Crippen LogP contribution in [0.3, 0.4) is 0 Å². The van der Waals surface area contributed by atoms with Crippen molar-refractivity contribution in [2.75, 3.05) is 25.5 Å². The number of ether oxygens (including phenoxy) is 1. The molecule has 0 aromatic heterocycles. The van der Waals surface area contributed by atoms with E-state index < -0.39 is 0 Å². The summed E-state index contributed by atoms with van der Waals surface area (Å²) in [5, 5.41) is 3.68. The first-order valence-electron chi connectivity index (χ1n) is 8.97. The van der Waals surface area contributed by atoms with Crippen LogP contribution in [-0.2, 0) is 11.3 Å². The zero-order valence-electron chi connectivity index (χ0n) is 15.3. The van der Waals surface area contributed by atoms with Crippen molar-refractivity contribution >= 4 is 23.2 Å². The fraction of sp³-hybridized carbons (Fsp3) is 0.381. The Hall–Kier alpha value is -2.04. The Labute approximate surface area is 160 Å². The molecule has 1 amide bonds. The van der Waals surface area contributed by atoms with Crippen LogP contribution in [-0.4, -0.2) is 31.0 Å². The van der Waals surface area contributed by atoms with Crippen LogP contribution in [0, 0.1) is 12.8 Å². The third-order valence-electron chi connectivity index (χ3n) is 4.94. The number of likely N-dealkylation sites (tertiary alicyclic amines) is 1. The SMILES string of the molecule is COc1cccc(CN2CCC(C(=O)Nc3ccc(C)c(Cl)c3)CC2)c1. The van der Waals surface area contributed by atoms with Gasteiger partial charge in [-0.2, -0.15) is 0 Å². The molecule has 0 aliphatic carbocycles. The molecule has 0 unspecified atom stereocenters. The van der Waals surface area contributed by atoms with Crippen molar-refractivity contribution in [2.24, 2.45) is 5.92 Å². The summed E-state index contributed by atoms with van der Waals surface area (Å²) in [4.78, 5) is 14.9. The second-order valence-electron chi connectivity index (χ2n) is 6.86. The number of halogens is 1. The summed E-state index contributed by atoms with van der Waals surface area (Å²) < 4.78 is 5.28. The lowest BCUT2D eigenvalue weighted by atomic mass is 9.95. The first kappa shape index (κ1) is 18.7. The molecule has 0 spiro atoms. The van der Waals surface area contributed by atoms with Gasteiger partial charge in [-0.15, -0.1) is 0 Å². The van der Waals surface area contributed by atoms with Crippen LogP contribution in [0.25, 0.3) is 0 Å². The molecule has 2 aromatic carbocycles. The molecule has 2 aromatic rings. The molecule has 26 heavy (non-hydrogen) atoms. The molecule has 1 fully saturated rings. The molecule has 1 heterocycles. The fourth-order valence-corrected chi connectivity index (χ4v) is 3.48. The van der Waals surface area contributed by atoms with Gasteiger partial charge >= 0.3 is 0 Å². The molecule has 1 aliphatic heterocycles. The number of hydrogen-bond donors (Lipinski definition) is 1. The van der Waals surface area contributed by atoms with Gasteiger partial charge < -0.3 is 10.1 Å². The van der Waals surface area contributed by atoms with E-state index in [2.05, 4.69) is 22.3 Å². The Morgan fingerprint density at radius 3 is 2.69 bits per heavy atom. The minimum absolute atomic E-state index is 0.0524. The summed E-state index contributed by atoms with van der Waals surface area (Å²) in [7, 11) is 1.68. The first-order valence-corrected chi connectivity index (χ1v) is 9.35. The van der Waals surface area contributed by atoms with E-state index in [0.29, 0.717) is 5.02 Å². The van der Waals surface area contributed by atoms with Crippen molar-refractivity contribution in [1.82, 2.24) is 4.90 Å². The molecule has 0 radical (unpaired) electrons. The number of rotatable bonds is 5. The number of nitrogens with zero attached hydrogens (tertiary/aromatic N) is 1. The second-order valence-corrected chi connectivity index (χ2v) is 7.26. The number of aryl methyl sites for hydroxylation is 1. The number of carbonyl (C=O) groups is 1. The molecule has 0 bridgehead atoms. The maximum absolute atomic E-state index is 12.5. The lowest BCUT2D eigenvalue weighted by Gasteiger charge is -2.31. The average molecular weight is 373 g/mol. The van der Waals surface area contributed by atoms with Crippen molar-refractivity contribution in [3.8, 4) is 5.75 Å². The van der Waals surface area contributed by atoms with Crippen LogP contribution in [0.15, 0.2) is 42.5 Å². The van der Waals surface area contributed by atoms with Crippen molar-refractivity contribution in [1.29, 1.82) is 0 Å². The molecule has 1 saturated heterocycles. The lowest BCUT2D eigenvalue weighted by molar-refractivity contribution is -0.121. The summed E-state index contributed by atoms with van der Waals surface area (Å²) in [6.45, 7) is 4.68. The number of anilines is 1. The molecule has 0 atom stereocenters. The van der Waals surface area contributed by atoms with Crippen LogP contribution in [0.1, 0.15) is 24.0 Å². The number of carbonyl (C=O) groups excluding carboxylic acids is 1. The third kappa shape index (κ3) is 4.77. The summed E-state index contributed by atoms with van der Waals surface area (Å²) in [5.41, 5.74) is 3.02. The number of methoxy groups -OCH3 is 1. The van der Waals surface area contributed by atoms with E-state index >= 15 is 0 Å². The maximum Gasteiger partial charge on any atom is 0.227 e. The van der Waals surface area contributed by atoms with E-state index in [9.17, 15) is 4.79 Å². The molecule has 138 valence electrons. The Morgan fingerprint density at radius 1 is 1.23 bits per heavy atom. The molecule has 0 saturated carbocycles. The molecule has 1 N–H and O–H groups in total. The molecule has 4 nitrogen and oxygen atoms in total. The number of piperidine rings is 1. The summed E-state index contributed by atoms with van der Waals surface area (Å²) in [6, 6.07) is 13.8. The van der Waals surface area contributed by atoms with E-state index in [1.165, 1.54) is 5.56 Å². The third-order valence-corrected chi connectivity index (χ3v) is 5.35. The van der Waals surface area contributed by atoms with Gasteiger partial charge in [0.2, 0.25) is 5.91 Å². The monoisotopic (exact) mass is 372 g/mol. The molecular formula is C21H25ClN2O2. The zero-order chi connectivity index (χ0) is 18.5. The van der Waals surface area contributed by atoms with Gasteiger partial charge in [-0.05, 0) is 68.2 Å². The topological polar surface area (TPSA) is 41.6 Å². The van der Waals surface area contributed by atoms with E-state index in [-0.39, 0.29) is 11.8 Å². The highest BCUT2D eigenvalue weighted by Gasteiger charge is 2.25. The Balaban J connectivity index is 1.51. The van der Waals surface area contributed by atoms with Gasteiger partial charge in [0.05, 0.1) is 7.11 Å². The van der Waals surface area contributed by atoms with Crippen LogP contribution in [0.5, 0.6) is 5.75 Å². The molecule has 3 rings (SSSR count). The summed E-state index contributed by atoms with van der Waals surface area (Å²) in [6.07, 6.45) is 1.74. The molecule has 5 heteroatoms. The standard InChI is InChI=1S/C21H25ClN2O2/c1-15-6-7-18(13-20(15)22)23-21(25)17-8-10-24(11-9-17)14-16-4-3-5-19(12-16)26-2/h3-7,12-13,17H,8-11,14H2,1-2H3,(H,23,25). The minimum atomic E-state index is 0.0524. The van der Waals surface area contributed by atoms with Gasteiger partial charge in [0.15, 0.2) is 0 Å². The first-order chi connectivity index (χ1) is 12.5. The van der Waals surface area contributed by atoms with Crippen LogP contribution in [0.2, 0.25) is 5.02 Å². The van der Waals surface area contributed by atoms with Crippen molar-refractivity contribution in [3.63, 3.8) is 0 Å². The van der Waals surface area contributed by atoms with Gasteiger partial charge in [-0.25, -0.2) is 0 Å². The fourth-order valence-electron chi connectivity index (χ4n) is 3.30. The largest absolute Gasteiger partial charge is 0.497 e. The quantitative estimate of drug-likeness (QED) is 0.839. The predicted octanol–water partition coefficient (Wildman–Crippen LogP) is 4.51. The van der Waals surface area contributed by atoms with Gasteiger partial charge in [0, 0.05) is 23.2 Å². The van der Waals surface area contributed by atoms with Crippen molar-refractivity contribution in [3.05, 3.63) is 58.6 Å². The van der Waals surface area contributed by atoms with Crippen molar-refractivity contribution < 1.29 is 9.53 Å². The van der Waals surface area contributed by atoms with E-state index in [4.69, 9.17) is 16.3 Å². The van der Waals surface area contributed by atoms with Gasteiger partial charge in [0.25, 0.3) is 0 Å². The average Bonchev–Trinajstić information content (AvgIpc) is 2.65. The Kier molecular flexibility index (Phi) is 6.17. The maximum atomic E-state index is 12.5. The zero-order valence-corrected chi connectivity index (χ0v) is 16.1. The number of nitrogens with one attached hydrogen (secondary N) is 1. The van der Waals surface area contributed by atoms with E-state index in [1.54, 1.807) is 7.11 Å². The van der Waals surface area contributed by atoms with E-state index in [1.807, 2.05) is 37.3 Å². The number of benzene rings is 2. The molecule has 1 aliphatic rings. The Morgan fingerprint density at radius 2 is 2.00 bits per heavy atom. The van der Waals surface area contributed by atoms with Crippen molar-refractivity contribution in [2.45, 2.75) is 26.3 Å². The minimum Gasteiger partial charge on any atom is -0.497 e. The predicted molar refractivity (Wildman–Crippen MR) is 106 cm³/mol. The lowest BCUT2D eigenvalue weighted by Crippen LogP contribution is -2.37. The number of hydrogen-bond acceptors (Lipinski definition) is 3. The Bertz CT molecular complexity index is 770. The normalized spacial score (nSPS) is 15.7. The van der Waals surface area contributed by atoms with Gasteiger partial charge in [0.1, 0.15) is 5.75 Å². The van der Waals surface area contributed by atoms with E-state index in [0.717, 1.165) is 49.5 Å². The highest BCUT2D eigenvalue weighted by Crippen LogP contribution is 2.24. The summed E-state index contributed by atoms with van der Waals surface area (Å²) >= 11 is 6.13. The second kappa shape index (κ2) is 8.56. The van der Waals surface area contributed by atoms with Gasteiger partial charge in [-0.1, -0.05) is 29.8 Å². The van der Waals surface area contributed by atoms with Crippen LogP contribution < -0.4 is 10.1 Å². The molecular weight excluding hydrogens is 348 g/mol. The number of amides is 1. The van der Waals surface area contributed by atoms with Crippen LogP contribution in [0.4, 0.5) is 5.69 Å². The smallest absolute Gasteiger partial charge is 0.227 e.